The Morgan fingerprint density at radius 2 is 1.97 bits per heavy atom. The molecule has 0 bridgehead atoms. The molecular weight excluding hydrogens is 398 g/mol. The maximum atomic E-state index is 13.3. The van der Waals surface area contributed by atoms with Gasteiger partial charge in [-0.1, -0.05) is 6.07 Å². The summed E-state index contributed by atoms with van der Waals surface area (Å²) >= 11 is 1.57. The first-order chi connectivity index (χ1) is 14.7. The van der Waals surface area contributed by atoms with E-state index in [0.717, 1.165) is 16.1 Å². The lowest BCUT2D eigenvalue weighted by Crippen LogP contribution is -2.31. The highest BCUT2D eigenvalue weighted by molar-refractivity contribution is 7.10. The molecule has 1 amide bonds. The molecule has 4 aromatic rings. The Kier molecular flexibility index (Phi) is 4.56. The molecule has 0 saturated carbocycles. The van der Waals surface area contributed by atoms with E-state index < -0.39 is 6.04 Å². The van der Waals surface area contributed by atoms with Gasteiger partial charge < -0.3 is 10.6 Å². The number of pyridine rings is 2. The molecule has 0 radical (unpaired) electrons. The van der Waals surface area contributed by atoms with E-state index in [1.54, 1.807) is 52.9 Å². The number of rotatable bonds is 4. The minimum absolute atomic E-state index is 0.213. The monoisotopic (exact) mass is 415 g/mol. The van der Waals surface area contributed by atoms with Crippen molar-refractivity contribution in [3.8, 4) is 11.4 Å². The van der Waals surface area contributed by atoms with Gasteiger partial charge in [0.1, 0.15) is 6.04 Å². The number of hydrogen-bond donors (Lipinski definition) is 2. The van der Waals surface area contributed by atoms with Crippen LogP contribution in [0.4, 0.5) is 11.6 Å². The molecule has 0 unspecified atom stereocenters. The highest BCUT2D eigenvalue weighted by Crippen LogP contribution is 2.38. The normalized spacial score (nSPS) is 15.4. The predicted octanol–water partition coefficient (Wildman–Crippen LogP) is 3.72. The Labute approximate surface area is 176 Å². The molecule has 1 atom stereocenters. The zero-order valence-corrected chi connectivity index (χ0v) is 16.8. The van der Waals surface area contributed by atoms with E-state index in [1.165, 1.54) is 0 Å². The van der Waals surface area contributed by atoms with Gasteiger partial charge >= 0.3 is 0 Å². The second-order valence-electron chi connectivity index (χ2n) is 6.72. The van der Waals surface area contributed by atoms with Gasteiger partial charge in [0.25, 0.3) is 5.91 Å². The number of allylic oxidation sites excluding steroid dienone is 1. The lowest BCUT2D eigenvalue weighted by Gasteiger charge is -2.27. The van der Waals surface area contributed by atoms with Crippen LogP contribution in [0, 0.1) is 0 Å². The summed E-state index contributed by atoms with van der Waals surface area (Å²) in [6.07, 6.45) is 6.71. The van der Waals surface area contributed by atoms with Crippen LogP contribution in [0.3, 0.4) is 0 Å². The molecular formula is C21H17N7OS. The van der Waals surface area contributed by atoms with Crippen molar-refractivity contribution in [2.75, 3.05) is 10.6 Å². The van der Waals surface area contributed by atoms with E-state index in [9.17, 15) is 4.79 Å². The van der Waals surface area contributed by atoms with Crippen molar-refractivity contribution >= 4 is 28.9 Å². The SMILES string of the molecule is CC1=C(C(=O)Nc2cccnc2)[C@@H](c2cccs2)n2nc(-c3cccnc3)nc2N1. The van der Waals surface area contributed by atoms with Crippen molar-refractivity contribution in [2.24, 2.45) is 0 Å². The topological polar surface area (TPSA) is 97.6 Å². The van der Waals surface area contributed by atoms with E-state index in [1.807, 2.05) is 36.6 Å². The number of carbonyl (C=O) groups excluding carboxylic acids is 1. The summed E-state index contributed by atoms with van der Waals surface area (Å²) in [7, 11) is 0. The van der Waals surface area contributed by atoms with Gasteiger partial charge in [-0.05, 0) is 42.6 Å². The summed E-state index contributed by atoms with van der Waals surface area (Å²) in [4.78, 5) is 27.1. The first-order valence-corrected chi connectivity index (χ1v) is 10.2. The molecule has 0 fully saturated rings. The maximum Gasteiger partial charge on any atom is 0.255 e. The standard InChI is InChI=1S/C21H17N7OS/c1-13-17(20(29)25-15-6-3-9-23-12-15)18(16-7-4-10-30-16)28-21(24-13)26-19(27-28)14-5-2-8-22-11-14/h2-12,18H,1H3,(H,25,29)(H,24,26,27)/t18-/m1/s1. The number of nitrogens with one attached hydrogen (secondary N) is 2. The highest BCUT2D eigenvalue weighted by Gasteiger charge is 2.35. The predicted molar refractivity (Wildman–Crippen MR) is 115 cm³/mol. The zero-order valence-electron chi connectivity index (χ0n) is 16.0. The van der Waals surface area contributed by atoms with Gasteiger partial charge in [0, 0.05) is 34.7 Å². The number of fused-ring (bicyclic) bond motifs is 1. The third kappa shape index (κ3) is 3.25. The fourth-order valence-corrected chi connectivity index (χ4v) is 4.23. The molecule has 1 aliphatic heterocycles. The molecule has 0 spiro atoms. The number of hydrogen-bond acceptors (Lipinski definition) is 7. The first kappa shape index (κ1) is 18.2. The molecule has 5 heterocycles. The minimum Gasteiger partial charge on any atom is -0.328 e. The Morgan fingerprint density at radius 1 is 1.13 bits per heavy atom. The zero-order chi connectivity index (χ0) is 20.5. The molecule has 2 N–H and O–H groups in total. The van der Waals surface area contributed by atoms with Crippen molar-refractivity contribution in [1.82, 2.24) is 24.7 Å². The van der Waals surface area contributed by atoms with Crippen LogP contribution >= 0.6 is 11.3 Å². The van der Waals surface area contributed by atoms with Crippen LogP contribution in [0.5, 0.6) is 0 Å². The summed E-state index contributed by atoms with van der Waals surface area (Å²) in [5.74, 6) is 0.923. The summed E-state index contributed by atoms with van der Waals surface area (Å²) in [5, 5.41) is 12.9. The Balaban J connectivity index is 1.58. The van der Waals surface area contributed by atoms with Crippen molar-refractivity contribution in [2.45, 2.75) is 13.0 Å². The summed E-state index contributed by atoms with van der Waals surface area (Å²) in [5.41, 5.74) is 2.75. The molecule has 4 aromatic heterocycles. The van der Waals surface area contributed by atoms with Crippen LogP contribution in [-0.4, -0.2) is 30.6 Å². The largest absolute Gasteiger partial charge is 0.328 e. The third-order valence-electron chi connectivity index (χ3n) is 4.75. The molecule has 9 heteroatoms. The summed E-state index contributed by atoms with van der Waals surface area (Å²) in [6, 6.07) is 10.9. The Bertz CT molecular complexity index is 1220. The van der Waals surface area contributed by atoms with E-state index in [4.69, 9.17) is 5.10 Å². The van der Waals surface area contributed by atoms with Gasteiger partial charge in [-0.2, -0.15) is 4.98 Å². The van der Waals surface area contributed by atoms with Gasteiger partial charge in [-0.15, -0.1) is 16.4 Å². The molecule has 1 aliphatic rings. The Morgan fingerprint density at radius 3 is 2.67 bits per heavy atom. The van der Waals surface area contributed by atoms with Crippen LogP contribution in [0.1, 0.15) is 17.8 Å². The molecule has 0 saturated heterocycles. The van der Waals surface area contributed by atoms with Gasteiger partial charge in [-0.25, -0.2) is 4.68 Å². The van der Waals surface area contributed by atoms with Crippen molar-refractivity contribution in [1.29, 1.82) is 0 Å². The van der Waals surface area contributed by atoms with Crippen LogP contribution in [0.25, 0.3) is 11.4 Å². The average Bonchev–Trinajstić information content (AvgIpc) is 3.44. The smallest absolute Gasteiger partial charge is 0.255 e. The number of carbonyl (C=O) groups is 1. The number of amides is 1. The van der Waals surface area contributed by atoms with Crippen LogP contribution < -0.4 is 10.6 Å². The Hall–Kier alpha value is -3.85. The van der Waals surface area contributed by atoms with Gasteiger partial charge in [0.15, 0.2) is 5.82 Å². The average molecular weight is 415 g/mol. The van der Waals surface area contributed by atoms with E-state index >= 15 is 0 Å². The van der Waals surface area contributed by atoms with Gasteiger partial charge in [0.2, 0.25) is 5.95 Å². The molecule has 0 aromatic carbocycles. The summed E-state index contributed by atoms with van der Waals surface area (Å²) in [6.45, 7) is 1.88. The number of nitrogens with zero attached hydrogens (tertiary/aromatic N) is 5. The van der Waals surface area contributed by atoms with E-state index in [-0.39, 0.29) is 5.91 Å². The first-order valence-electron chi connectivity index (χ1n) is 9.30. The fraction of sp³-hybridized carbons (Fsp3) is 0.0952. The van der Waals surface area contributed by atoms with E-state index in [0.29, 0.717) is 23.0 Å². The van der Waals surface area contributed by atoms with Crippen LogP contribution in [-0.2, 0) is 4.79 Å². The summed E-state index contributed by atoms with van der Waals surface area (Å²) < 4.78 is 1.76. The molecule has 30 heavy (non-hydrogen) atoms. The minimum atomic E-state index is -0.393. The second-order valence-corrected chi connectivity index (χ2v) is 7.70. The molecule has 5 rings (SSSR count). The maximum absolute atomic E-state index is 13.3. The van der Waals surface area contributed by atoms with Crippen molar-refractivity contribution < 1.29 is 4.79 Å². The number of aromatic nitrogens is 5. The van der Waals surface area contributed by atoms with Crippen molar-refractivity contribution in [3.63, 3.8) is 0 Å². The highest BCUT2D eigenvalue weighted by atomic mass is 32.1. The number of anilines is 2. The van der Waals surface area contributed by atoms with Crippen molar-refractivity contribution in [3.05, 3.63) is 82.7 Å². The van der Waals surface area contributed by atoms with Gasteiger partial charge in [-0.3, -0.25) is 14.8 Å². The van der Waals surface area contributed by atoms with Crippen LogP contribution in [0.2, 0.25) is 0 Å². The molecule has 0 aliphatic carbocycles. The fourth-order valence-electron chi connectivity index (χ4n) is 3.41. The lowest BCUT2D eigenvalue weighted by molar-refractivity contribution is -0.113. The molecule has 8 nitrogen and oxygen atoms in total. The third-order valence-corrected chi connectivity index (χ3v) is 5.67. The van der Waals surface area contributed by atoms with Gasteiger partial charge in [0.05, 0.1) is 17.5 Å². The lowest BCUT2D eigenvalue weighted by atomic mass is 10.0. The quantitative estimate of drug-likeness (QED) is 0.527. The second kappa shape index (κ2) is 7.53. The number of thiophene rings is 1. The van der Waals surface area contributed by atoms with Crippen LogP contribution in [0.15, 0.2) is 77.8 Å². The molecule has 148 valence electrons. The van der Waals surface area contributed by atoms with E-state index in [2.05, 4.69) is 25.6 Å².